The number of amides is 2. The van der Waals surface area contributed by atoms with Crippen molar-refractivity contribution >= 4 is 17.6 Å². The summed E-state index contributed by atoms with van der Waals surface area (Å²) in [6, 6.07) is 3.69. The minimum absolute atomic E-state index is 0.0724. The molecule has 0 aliphatic carbocycles. The van der Waals surface area contributed by atoms with Crippen LogP contribution in [-0.2, 0) is 6.42 Å². The van der Waals surface area contributed by atoms with Crippen molar-refractivity contribution in [3.05, 3.63) is 22.7 Å². The van der Waals surface area contributed by atoms with Gasteiger partial charge < -0.3 is 24.8 Å². The fourth-order valence-corrected chi connectivity index (χ4v) is 3.42. The first-order valence-electron chi connectivity index (χ1n) is 8.39. The smallest absolute Gasteiger partial charge is 0.317 e. The van der Waals surface area contributed by atoms with Crippen LogP contribution >= 0.6 is 11.6 Å². The molecule has 0 saturated carbocycles. The van der Waals surface area contributed by atoms with Crippen LogP contribution in [0.2, 0.25) is 5.02 Å². The van der Waals surface area contributed by atoms with E-state index >= 15 is 0 Å². The maximum Gasteiger partial charge on any atom is 0.317 e. The Morgan fingerprint density at radius 3 is 3.04 bits per heavy atom. The lowest BCUT2D eigenvalue weighted by Gasteiger charge is -2.31. The van der Waals surface area contributed by atoms with Crippen LogP contribution in [0.1, 0.15) is 18.4 Å². The van der Waals surface area contributed by atoms with E-state index in [2.05, 4.69) is 5.32 Å². The Morgan fingerprint density at radius 1 is 1.38 bits per heavy atom. The number of carbonyl (C=O) groups is 1. The minimum atomic E-state index is -0.0724. The van der Waals surface area contributed by atoms with Gasteiger partial charge in [-0.15, -0.1) is 0 Å². The Kier molecular flexibility index (Phi) is 5.68. The van der Waals surface area contributed by atoms with Crippen molar-refractivity contribution in [3.8, 4) is 11.5 Å². The lowest BCUT2D eigenvalue weighted by Crippen LogP contribution is -2.46. The number of nitrogens with one attached hydrogen (secondary N) is 1. The second-order valence-corrected chi connectivity index (χ2v) is 6.63. The molecule has 2 aliphatic rings. The molecule has 1 atom stereocenters. The van der Waals surface area contributed by atoms with Gasteiger partial charge in [0.15, 0.2) is 11.5 Å². The van der Waals surface area contributed by atoms with Gasteiger partial charge in [-0.25, -0.2) is 4.79 Å². The third-order valence-electron chi connectivity index (χ3n) is 4.41. The molecule has 1 saturated heterocycles. The number of piperidine rings is 1. The maximum atomic E-state index is 12.2. The van der Waals surface area contributed by atoms with Crippen molar-refractivity contribution < 1.29 is 19.4 Å². The van der Waals surface area contributed by atoms with Crippen LogP contribution in [0.15, 0.2) is 12.1 Å². The Balaban J connectivity index is 1.51. The molecule has 132 valence electrons. The van der Waals surface area contributed by atoms with E-state index in [1.165, 1.54) is 0 Å². The van der Waals surface area contributed by atoms with Gasteiger partial charge in [-0.1, -0.05) is 11.6 Å². The highest BCUT2D eigenvalue weighted by molar-refractivity contribution is 6.32. The lowest BCUT2D eigenvalue weighted by molar-refractivity contribution is 0.129. The molecule has 0 unspecified atom stereocenters. The van der Waals surface area contributed by atoms with Gasteiger partial charge >= 0.3 is 6.03 Å². The highest BCUT2D eigenvalue weighted by Crippen LogP contribution is 2.38. The van der Waals surface area contributed by atoms with Gasteiger partial charge in [-0.2, -0.15) is 0 Å². The highest BCUT2D eigenvalue weighted by atomic mass is 35.5. The molecule has 2 amide bonds. The molecule has 2 aliphatic heterocycles. The number of hydrogen-bond acceptors (Lipinski definition) is 4. The average Bonchev–Trinajstić information content (AvgIpc) is 2.62. The first-order valence-corrected chi connectivity index (χ1v) is 8.77. The molecule has 7 heteroatoms. The topological polar surface area (TPSA) is 71.0 Å². The van der Waals surface area contributed by atoms with E-state index in [9.17, 15) is 9.90 Å². The van der Waals surface area contributed by atoms with E-state index < -0.39 is 0 Å². The summed E-state index contributed by atoms with van der Waals surface area (Å²) in [5, 5.41) is 12.7. The fraction of sp³-hybridized carbons (Fsp3) is 0.588. The number of aliphatic hydroxyl groups excluding tert-OH is 1. The molecule has 3 rings (SSSR count). The number of likely N-dealkylation sites (tertiary alicyclic amines) is 1. The van der Waals surface area contributed by atoms with Gasteiger partial charge in [0.25, 0.3) is 0 Å². The van der Waals surface area contributed by atoms with Crippen molar-refractivity contribution in [2.75, 3.05) is 39.5 Å². The SMILES string of the molecule is O=C(NCCc1cc(Cl)c2c(c1)OCCO2)N1CCC[C@H](CO)C1. The van der Waals surface area contributed by atoms with Crippen molar-refractivity contribution in [2.45, 2.75) is 19.3 Å². The summed E-state index contributed by atoms with van der Waals surface area (Å²) in [6.45, 7) is 3.06. The number of fused-ring (bicyclic) bond motifs is 1. The molecule has 0 spiro atoms. The summed E-state index contributed by atoms with van der Waals surface area (Å²) in [4.78, 5) is 14.0. The van der Waals surface area contributed by atoms with E-state index in [-0.39, 0.29) is 18.6 Å². The van der Waals surface area contributed by atoms with E-state index in [1.54, 1.807) is 4.90 Å². The van der Waals surface area contributed by atoms with Gasteiger partial charge in [0.2, 0.25) is 0 Å². The summed E-state index contributed by atoms with van der Waals surface area (Å²) >= 11 is 6.22. The predicted octanol–water partition coefficient (Wildman–Crippen LogP) is 2.07. The Labute approximate surface area is 146 Å². The second kappa shape index (κ2) is 7.94. The summed E-state index contributed by atoms with van der Waals surface area (Å²) in [5.74, 6) is 1.46. The maximum absolute atomic E-state index is 12.2. The zero-order chi connectivity index (χ0) is 16.9. The summed E-state index contributed by atoms with van der Waals surface area (Å²) < 4.78 is 11.1. The zero-order valence-corrected chi connectivity index (χ0v) is 14.3. The number of benzene rings is 1. The zero-order valence-electron chi connectivity index (χ0n) is 13.6. The number of halogens is 1. The molecule has 0 bridgehead atoms. The minimum Gasteiger partial charge on any atom is -0.486 e. The van der Waals surface area contributed by atoms with Gasteiger partial charge in [-0.3, -0.25) is 0 Å². The van der Waals surface area contributed by atoms with Gasteiger partial charge in [0.05, 0.1) is 5.02 Å². The molecule has 2 N–H and O–H groups in total. The highest BCUT2D eigenvalue weighted by Gasteiger charge is 2.23. The van der Waals surface area contributed by atoms with E-state index in [0.717, 1.165) is 24.9 Å². The lowest BCUT2D eigenvalue weighted by atomic mass is 9.99. The number of ether oxygens (including phenoxy) is 2. The van der Waals surface area contributed by atoms with Crippen LogP contribution in [-0.4, -0.2) is 55.5 Å². The summed E-state index contributed by atoms with van der Waals surface area (Å²) in [5.41, 5.74) is 0.997. The molecule has 0 radical (unpaired) electrons. The Bertz CT molecular complexity index is 596. The van der Waals surface area contributed by atoms with E-state index in [1.807, 2.05) is 12.1 Å². The Hall–Kier alpha value is -1.66. The van der Waals surface area contributed by atoms with Crippen LogP contribution in [0.4, 0.5) is 4.79 Å². The van der Waals surface area contributed by atoms with Gasteiger partial charge in [-0.05, 0) is 42.9 Å². The number of rotatable bonds is 4. The number of aliphatic hydroxyl groups is 1. The quantitative estimate of drug-likeness (QED) is 0.868. The third-order valence-corrected chi connectivity index (χ3v) is 4.69. The average molecular weight is 355 g/mol. The molecular formula is C17H23ClN2O4. The van der Waals surface area contributed by atoms with Gasteiger partial charge in [0.1, 0.15) is 13.2 Å². The second-order valence-electron chi connectivity index (χ2n) is 6.22. The van der Waals surface area contributed by atoms with Crippen molar-refractivity contribution in [2.24, 2.45) is 5.92 Å². The fourth-order valence-electron chi connectivity index (χ4n) is 3.13. The molecular weight excluding hydrogens is 332 g/mol. The molecule has 1 fully saturated rings. The number of urea groups is 1. The largest absolute Gasteiger partial charge is 0.486 e. The number of carbonyl (C=O) groups excluding carboxylic acids is 1. The standard InChI is InChI=1S/C17H23ClN2O4/c18-14-8-12(9-15-16(14)24-7-6-23-15)3-4-19-17(22)20-5-1-2-13(10-20)11-21/h8-9,13,21H,1-7,10-11H2,(H,19,22)/t13-/m0/s1. The molecule has 1 aromatic rings. The first kappa shape index (κ1) is 17.2. The molecule has 2 heterocycles. The van der Waals surface area contributed by atoms with Crippen molar-refractivity contribution in [1.29, 1.82) is 0 Å². The predicted molar refractivity (Wildman–Crippen MR) is 90.9 cm³/mol. The van der Waals surface area contributed by atoms with E-state index in [4.69, 9.17) is 21.1 Å². The number of hydrogen-bond donors (Lipinski definition) is 2. The monoisotopic (exact) mass is 354 g/mol. The molecule has 6 nitrogen and oxygen atoms in total. The Morgan fingerprint density at radius 2 is 2.21 bits per heavy atom. The first-order chi connectivity index (χ1) is 11.7. The molecule has 1 aromatic carbocycles. The molecule has 24 heavy (non-hydrogen) atoms. The normalized spacial score (nSPS) is 19.9. The van der Waals surface area contributed by atoms with Crippen LogP contribution in [0.5, 0.6) is 11.5 Å². The third kappa shape index (κ3) is 4.05. The van der Waals surface area contributed by atoms with Gasteiger partial charge in [0, 0.05) is 26.2 Å². The van der Waals surface area contributed by atoms with E-state index in [0.29, 0.717) is 49.2 Å². The summed E-state index contributed by atoms with van der Waals surface area (Å²) in [7, 11) is 0. The van der Waals surface area contributed by atoms with Crippen LogP contribution < -0.4 is 14.8 Å². The number of nitrogens with zero attached hydrogens (tertiary/aromatic N) is 1. The van der Waals surface area contributed by atoms with Crippen molar-refractivity contribution in [1.82, 2.24) is 10.2 Å². The molecule has 0 aromatic heterocycles. The van der Waals surface area contributed by atoms with Crippen molar-refractivity contribution in [3.63, 3.8) is 0 Å². The summed E-state index contributed by atoms with van der Waals surface area (Å²) in [6.07, 6.45) is 2.59. The van der Waals surface area contributed by atoms with Crippen LogP contribution in [0, 0.1) is 5.92 Å². The van der Waals surface area contributed by atoms with Crippen LogP contribution in [0.3, 0.4) is 0 Å². The van der Waals surface area contributed by atoms with Crippen LogP contribution in [0.25, 0.3) is 0 Å².